The summed E-state index contributed by atoms with van der Waals surface area (Å²) in [6.45, 7) is 0.406. The molecule has 0 N–H and O–H groups in total. The van der Waals surface area contributed by atoms with Crippen LogP contribution in [-0.2, 0) is 11.8 Å². The minimum atomic E-state index is -0.471. The van der Waals surface area contributed by atoms with E-state index < -0.39 is 5.97 Å². The summed E-state index contributed by atoms with van der Waals surface area (Å²) < 4.78 is 6.18. The summed E-state index contributed by atoms with van der Waals surface area (Å²) in [7, 11) is 3.03. The molecular weight excluding hydrogens is 222 g/mol. The number of hydrogen-bond acceptors (Lipinski definition) is 4. The van der Waals surface area contributed by atoms with Gasteiger partial charge in [0.2, 0.25) is 5.82 Å². The van der Waals surface area contributed by atoms with Gasteiger partial charge < -0.3 is 9.30 Å². The van der Waals surface area contributed by atoms with E-state index in [0.29, 0.717) is 18.7 Å². The van der Waals surface area contributed by atoms with Crippen LogP contribution in [0.5, 0.6) is 0 Å². The smallest absolute Gasteiger partial charge is 0.374 e. The molecule has 1 aromatic heterocycles. The summed E-state index contributed by atoms with van der Waals surface area (Å²) in [4.78, 5) is 18.0. The second-order valence-electron chi connectivity index (χ2n) is 3.24. The number of azide groups is 1. The van der Waals surface area contributed by atoms with Crippen LogP contribution in [0.4, 0.5) is 0 Å². The van der Waals surface area contributed by atoms with Gasteiger partial charge in [0.15, 0.2) is 0 Å². The Morgan fingerprint density at radius 2 is 2.53 bits per heavy atom. The normalized spacial score (nSPS) is 10.2. The first-order valence-corrected chi connectivity index (χ1v) is 4.98. The summed E-state index contributed by atoms with van der Waals surface area (Å²) >= 11 is 0. The van der Waals surface area contributed by atoms with Gasteiger partial charge in [-0.2, -0.15) is 0 Å². The highest BCUT2D eigenvalue weighted by molar-refractivity contribution is 5.85. The molecule has 0 saturated carbocycles. The molecule has 0 radical (unpaired) electrons. The number of hydrogen-bond donors (Lipinski definition) is 0. The molecule has 0 aromatic carbocycles. The second-order valence-corrected chi connectivity index (χ2v) is 3.24. The summed E-state index contributed by atoms with van der Waals surface area (Å²) in [6.07, 6.45) is 5.95. The van der Waals surface area contributed by atoms with Gasteiger partial charge in [0.1, 0.15) is 0 Å². The van der Waals surface area contributed by atoms with Crippen molar-refractivity contribution in [3.63, 3.8) is 0 Å². The van der Waals surface area contributed by atoms with Gasteiger partial charge in [-0.3, -0.25) is 0 Å². The van der Waals surface area contributed by atoms with Crippen molar-refractivity contribution in [3.8, 4) is 0 Å². The van der Waals surface area contributed by atoms with Crippen LogP contribution in [0.3, 0.4) is 0 Å². The maximum atomic E-state index is 11.3. The van der Waals surface area contributed by atoms with Crippen LogP contribution < -0.4 is 0 Å². The third-order valence-electron chi connectivity index (χ3n) is 2.01. The minimum Gasteiger partial charge on any atom is -0.463 e. The highest BCUT2D eigenvalue weighted by Gasteiger charge is 2.12. The SMILES string of the molecule is COC(=O)c1nc(C=CCCN=[N+]=[N-])cn1C. The number of nitrogens with zero attached hydrogens (tertiary/aromatic N) is 5. The van der Waals surface area contributed by atoms with Crippen LogP contribution in [-0.4, -0.2) is 29.2 Å². The van der Waals surface area contributed by atoms with Crippen LogP contribution >= 0.6 is 0 Å². The van der Waals surface area contributed by atoms with E-state index in [1.807, 2.05) is 6.08 Å². The molecule has 0 bridgehead atoms. The Morgan fingerprint density at radius 1 is 1.76 bits per heavy atom. The molecule has 0 atom stereocenters. The van der Waals surface area contributed by atoms with E-state index in [1.54, 1.807) is 23.9 Å². The molecule has 0 aliphatic rings. The molecule has 0 saturated heterocycles. The van der Waals surface area contributed by atoms with Crippen LogP contribution in [0.2, 0.25) is 0 Å². The van der Waals surface area contributed by atoms with Crippen molar-refractivity contribution in [2.75, 3.05) is 13.7 Å². The lowest BCUT2D eigenvalue weighted by Gasteiger charge is -1.96. The number of esters is 1. The third-order valence-corrected chi connectivity index (χ3v) is 2.01. The van der Waals surface area contributed by atoms with Crippen molar-refractivity contribution in [3.05, 3.63) is 34.2 Å². The molecule has 17 heavy (non-hydrogen) atoms. The first-order chi connectivity index (χ1) is 8.19. The number of carbonyl (C=O) groups is 1. The monoisotopic (exact) mass is 235 g/mol. The standard InChI is InChI=1S/C10H13N5O2/c1-15-7-8(5-3-4-6-12-14-11)13-9(15)10(16)17-2/h3,5,7H,4,6H2,1-2H3. The van der Waals surface area contributed by atoms with Gasteiger partial charge in [0.25, 0.3) is 0 Å². The third kappa shape index (κ3) is 3.66. The number of rotatable bonds is 5. The molecule has 0 fully saturated rings. The summed E-state index contributed by atoms with van der Waals surface area (Å²) in [6, 6.07) is 0. The lowest BCUT2D eigenvalue weighted by molar-refractivity contribution is 0.0583. The minimum absolute atomic E-state index is 0.252. The molecule has 7 nitrogen and oxygen atoms in total. The summed E-state index contributed by atoms with van der Waals surface area (Å²) in [5, 5.41) is 3.40. The molecule has 0 aliphatic heterocycles. The van der Waals surface area contributed by atoms with E-state index in [0.717, 1.165) is 0 Å². The molecule has 90 valence electrons. The summed E-state index contributed by atoms with van der Waals surface area (Å²) in [5.74, 6) is -0.219. The van der Waals surface area contributed by atoms with E-state index in [1.165, 1.54) is 7.11 Å². The number of carbonyl (C=O) groups excluding carboxylic acids is 1. The number of imidazole rings is 1. The molecule has 1 heterocycles. The quantitative estimate of drug-likeness (QED) is 0.256. The Kier molecular flexibility index (Phi) is 4.77. The van der Waals surface area contributed by atoms with Crippen LogP contribution in [0, 0.1) is 0 Å². The van der Waals surface area contributed by atoms with Gasteiger partial charge in [-0.1, -0.05) is 11.2 Å². The summed E-state index contributed by atoms with van der Waals surface area (Å²) in [5.41, 5.74) is 8.74. The lowest BCUT2D eigenvalue weighted by atomic mass is 10.3. The Labute approximate surface area is 98.3 Å². The van der Waals surface area contributed by atoms with Gasteiger partial charge >= 0.3 is 5.97 Å². The molecule has 0 aliphatic carbocycles. The van der Waals surface area contributed by atoms with E-state index >= 15 is 0 Å². The van der Waals surface area contributed by atoms with E-state index in [2.05, 4.69) is 19.7 Å². The largest absolute Gasteiger partial charge is 0.463 e. The zero-order valence-corrected chi connectivity index (χ0v) is 9.70. The second kappa shape index (κ2) is 6.34. The van der Waals surface area contributed by atoms with Gasteiger partial charge in [-0.25, -0.2) is 9.78 Å². The van der Waals surface area contributed by atoms with Crippen molar-refractivity contribution in [1.29, 1.82) is 0 Å². The highest BCUT2D eigenvalue weighted by atomic mass is 16.5. The van der Waals surface area contributed by atoms with Crippen LogP contribution in [0.15, 0.2) is 17.4 Å². The molecule has 1 aromatic rings. The van der Waals surface area contributed by atoms with E-state index in [4.69, 9.17) is 5.53 Å². The average molecular weight is 235 g/mol. The first-order valence-electron chi connectivity index (χ1n) is 4.98. The molecule has 1 rings (SSSR count). The predicted molar refractivity (Wildman–Crippen MR) is 62.2 cm³/mol. The average Bonchev–Trinajstić information content (AvgIpc) is 2.69. The number of aryl methyl sites for hydroxylation is 1. The van der Waals surface area contributed by atoms with Crippen molar-refractivity contribution >= 4 is 12.0 Å². The van der Waals surface area contributed by atoms with Crippen LogP contribution in [0.25, 0.3) is 16.5 Å². The van der Waals surface area contributed by atoms with Crippen molar-refractivity contribution in [2.45, 2.75) is 6.42 Å². The van der Waals surface area contributed by atoms with Gasteiger partial charge in [0, 0.05) is 24.7 Å². The molecule has 7 heteroatoms. The Balaban J connectivity index is 2.67. The number of ether oxygens (including phenoxy) is 1. The van der Waals surface area contributed by atoms with Gasteiger partial charge in [-0.05, 0) is 18.0 Å². The lowest BCUT2D eigenvalue weighted by Crippen LogP contribution is -2.08. The van der Waals surface area contributed by atoms with E-state index in [-0.39, 0.29) is 5.82 Å². The first kappa shape index (κ1) is 12.8. The molecular formula is C10H13N5O2. The molecule has 0 spiro atoms. The number of methoxy groups -OCH3 is 1. The zero-order chi connectivity index (χ0) is 12.7. The topological polar surface area (TPSA) is 92.9 Å². The Morgan fingerprint density at radius 3 is 3.18 bits per heavy atom. The van der Waals surface area contributed by atoms with Crippen molar-refractivity contribution in [2.24, 2.45) is 12.2 Å². The van der Waals surface area contributed by atoms with E-state index in [9.17, 15) is 4.79 Å². The van der Waals surface area contributed by atoms with Crippen molar-refractivity contribution in [1.82, 2.24) is 9.55 Å². The van der Waals surface area contributed by atoms with Crippen molar-refractivity contribution < 1.29 is 9.53 Å². The molecule has 0 amide bonds. The Hall–Kier alpha value is -2.27. The molecule has 0 unspecified atom stereocenters. The maximum Gasteiger partial charge on any atom is 0.374 e. The Bertz CT molecular complexity index is 471. The fraction of sp³-hybridized carbons (Fsp3) is 0.400. The van der Waals surface area contributed by atoms with Crippen LogP contribution in [0.1, 0.15) is 22.7 Å². The van der Waals surface area contributed by atoms with Gasteiger partial charge in [-0.15, -0.1) is 0 Å². The fourth-order valence-corrected chi connectivity index (χ4v) is 1.23. The predicted octanol–water partition coefficient (Wildman–Crippen LogP) is 1.92. The highest BCUT2D eigenvalue weighted by Crippen LogP contribution is 2.05. The maximum absolute atomic E-state index is 11.3. The fourth-order valence-electron chi connectivity index (χ4n) is 1.23. The van der Waals surface area contributed by atoms with Gasteiger partial charge in [0.05, 0.1) is 12.8 Å². The zero-order valence-electron chi connectivity index (χ0n) is 9.70. The number of aromatic nitrogens is 2.